The largest absolute Gasteiger partial charge is 0.378 e. The first kappa shape index (κ1) is 13.8. The summed E-state index contributed by atoms with van der Waals surface area (Å²) in [4.78, 5) is 11.9. The Morgan fingerprint density at radius 1 is 1.33 bits per heavy atom. The molecule has 0 bridgehead atoms. The Labute approximate surface area is 110 Å². The molecule has 18 heavy (non-hydrogen) atoms. The van der Waals surface area contributed by atoms with E-state index in [1.165, 1.54) is 19.3 Å². The van der Waals surface area contributed by atoms with Crippen molar-refractivity contribution in [3.8, 4) is 0 Å². The van der Waals surface area contributed by atoms with Crippen LogP contribution in [0.5, 0.6) is 0 Å². The second-order valence-corrected chi connectivity index (χ2v) is 5.93. The molecule has 0 spiro atoms. The van der Waals surface area contributed by atoms with E-state index in [9.17, 15) is 4.79 Å². The molecule has 4 nitrogen and oxygen atoms in total. The van der Waals surface area contributed by atoms with Crippen LogP contribution in [0.3, 0.4) is 0 Å². The maximum atomic E-state index is 11.9. The number of hydrogen-bond acceptors (Lipinski definition) is 3. The van der Waals surface area contributed by atoms with Gasteiger partial charge in [-0.15, -0.1) is 0 Å². The Morgan fingerprint density at radius 2 is 2.06 bits per heavy atom. The summed E-state index contributed by atoms with van der Waals surface area (Å²) >= 11 is 0. The average molecular weight is 254 g/mol. The van der Waals surface area contributed by atoms with Crippen molar-refractivity contribution in [1.82, 2.24) is 5.32 Å². The van der Waals surface area contributed by atoms with Crippen molar-refractivity contribution < 1.29 is 9.53 Å². The van der Waals surface area contributed by atoms with Gasteiger partial charge in [-0.05, 0) is 38.0 Å². The fraction of sp³-hybridized carbons (Fsp3) is 0.929. The number of rotatable bonds is 5. The summed E-state index contributed by atoms with van der Waals surface area (Å²) in [5.74, 6) is 0.580. The van der Waals surface area contributed by atoms with E-state index in [-0.39, 0.29) is 17.6 Å². The third-order valence-corrected chi connectivity index (χ3v) is 4.71. The molecule has 2 fully saturated rings. The molecule has 2 aliphatic rings. The highest BCUT2D eigenvalue weighted by Crippen LogP contribution is 2.37. The highest BCUT2D eigenvalue weighted by atomic mass is 16.5. The fourth-order valence-electron chi connectivity index (χ4n) is 3.11. The van der Waals surface area contributed by atoms with E-state index in [1.807, 2.05) is 0 Å². The number of nitrogens with two attached hydrogens (primary N) is 1. The second-order valence-electron chi connectivity index (χ2n) is 5.93. The molecule has 0 aromatic carbocycles. The molecule has 0 aromatic heterocycles. The summed E-state index contributed by atoms with van der Waals surface area (Å²) in [5, 5.41) is 3.04. The Kier molecular flexibility index (Phi) is 4.62. The third-order valence-electron chi connectivity index (χ3n) is 4.71. The minimum absolute atomic E-state index is 0.120. The van der Waals surface area contributed by atoms with Gasteiger partial charge in [-0.3, -0.25) is 4.79 Å². The van der Waals surface area contributed by atoms with Gasteiger partial charge in [0.15, 0.2) is 0 Å². The van der Waals surface area contributed by atoms with Gasteiger partial charge in [0.2, 0.25) is 5.91 Å². The first-order valence-electron chi connectivity index (χ1n) is 7.23. The van der Waals surface area contributed by atoms with Crippen molar-refractivity contribution in [3.63, 3.8) is 0 Å². The van der Waals surface area contributed by atoms with Crippen molar-refractivity contribution in [2.45, 2.75) is 63.0 Å². The van der Waals surface area contributed by atoms with E-state index < -0.39 is 0 Å². The molecule has 104 valence electrons. The number of nitrogens with one attached hydrogen (secondary N) is 1. The highest BCUT2D eigenvalue weighted by molar-refractivity contribution is 5.77. The molecule has 3 N–H and O–H groups in total. The normalized spacial score (nSPS) is 30.6. The number of hydrogen-bond donors (Lipinski definition) is 2. The van der Waals surface area contributed by atoms with E-state index in [4.69, 9.17) is 10.5 Å². The maximum Gasteiger partial charge on any atom is 0.222 e. The maximum absolute atomic E-state index is 11.9. The van der Waals surface area contributed by atoms with E-state index in [2.05, 4.69) is 5.32 Å². The fourth-order valence-corrected chi connectivity index (χ4v) is 3.11. The predicted octanol–water partition coefficient (Wildman–Crippen LogP) is 1.58. The average Bonchev–Trinajstić information content (AvgIpc) is 2.33. The molecule has 0 saturated heterocycles. The molecule has 0 radical (unpaired) electrons. The molecule has 2 atom stereocenters. The SMILES string of the molecule is COC1(CC(=O)NCC2CCCCC2N)CCC1. The summed E-state index contributed by atoms with van der Waals surface area (Å²) in [6.45, 7) is 0.736. The lowest BCUT2D eigenvalue weighted by atomic mass is 9.77. The first-order chi connectivity index (χ1) is 8.65. The van der Waals surface area contributed by atoms with Gasteiger partial charge in [0.1, 0.15) is 0 Å². The molecule has 0 aliphatic heterocycles. The zero-order valence-corrected chi connectivity index (χ0v) is 11.4. The number of amides is 1. The molecule has 0 heterocycles. The number of ether oxygens (including phenoxy) is 1. The molecular weight excluding hydrogens is 228 g/mol. The van der Waals surface area contributed by atoms with Gasteiger partial charge in [-0.2, -0.15) is 0 Å². The standard InChI is InChI=1S/C14H26N2O2/c1-18-14(7-4-8-14)9-13(17)16-10-11-5-2-3-6-12(11)15/h11-12H,2-10,15H2,1H3,(H,16,17). The van der Waals surface area contributed by atoms with Crippen molar-refractivity contribution in [1.29, 1.82) is 0 Å². The van der Waals surface area contributed by atoms with Crippen LogP contribution in [0.1, 0.15) is 51.4 Å². The van der Waals surface area contributed by atoms with Crippen molar-refractivity contribution in [3.05, 3.63) is 0 Å². The molecule has 0 aromatic rings. The van der Waals surface area contributed by atoms with Gasteiger partial charge in [-0.25, -0.2) is 0 Å². The smallest absolute Gasteiger partial charge is 0.222 e. The van der Waals surface area contributed by atoms with Crippen molar-refractivity contribution >= 4 is 5.91 Å². The molecular formula is C14H26N2O2. The Hall–Kier alpha value is -0.610. The van der Waals surface area contributed by atoms with Crippen molar-refractivity contribution in [2.24, 2.45) is 11.7 Å². The number of carbonyl (C=O) groups is 1. The summed E-state index contributed by atoms with van der Waals surface area (Å²) < 4.78 is 5.47. The van der Waals surface area contributed by atoms with Crippen LogP contribution in [0.25, 0.3) is 0 Å². The zero-order valence-electron chi connectivity index (χ0n) is 11.4. The van der Waals surface area contributed by atoms with Crippen LogP contribution in [-0.4, -0.2) is 31.2 Å². The second kappa shape index (κ2) is 6.02. The predicted molar refractivity (Wildman–Crippen MR) is 71.2 cm³/mol. The van der Waals surface area contributed by atoms with Crippen LogP contribution in [0.4, 0.5) is 0 Å². The lowest BCUT2D eigenvalue weighted by Crippen LogP contribution is -2.46. The highest BCUT2D eigenvalue weighted by Gasteiger charge is 2.39. The zero-order chi connectivity index (χ0) is 13.0. The third kappa shape index (κ3) is 3.23. The molecule has 2 aliphatic carbocycles. The lowest BCUT2D eigenvalue weighted by Gasteiger charge is -2.40. The summed E-state index contributed by atoms with van der Waals surface area (Å²) in [6.07, 6.45) is 8.44. The molecule has 2 unspecified atom stereocenters. The lowest BCUT2D eigenvalue weighted by molar-refractivity contribution is -0.134. The van der Waals surface area contributed by atoms with Gasteiger partial charge >= 0.3 is 0 Å². The van der Waals surface area contributed by atoms with E-state index in [0.717, 1.165) is 32.2 Å². The minimum Gasteiger partial charge on any atom is -0.378 e. The molecule has 2 rings (SSSR count). The molecule has 1 amide bonds. The summed E-state index contributed by atoms with van der Waals surface area (Å²) in [5.41, 5.74) is 5.91. The number of carbonyl (C=O) groups excluding carboxylic acids is 1. The first-order valence-corrected chi connectivity index (χ1v) is 7.23. The summed E-state index contributed by atoms with van der Waals surface area (Å²) in [6, 6.07) is 0.263. The van der Waals surface area contributed by atoms with Gasteiger partial charge in [0.25, 0.3) is 0 Å². The van der Waals surface area contributed by atoms with Gasteiger partial charge in [0, 0.05) is 19.7 Å². The van der Waals surface area contributed by atoms with E-state index in [1.54, 1.807) is 7.11 Å². The Morgan fingerprint density at radius 3 is 2.61 bits per heavy atom. The van der Waals surface area contributed by atoms with Crippen LogP contribution in [0.15, 0.2) is 0 Å². The van der Waals surface area contributed by atoms with Crippen LogP contribution in [0.2, 0.25) is 0 Å². The van der Waals surface area contributed by atoms with E-state index >= 15 is 0 Å². The van der Waals surface area contributed by atoms with Gasteiger partial charge < -0.3 is 15.8 Å². The Balaban J connectivity index is 1.71. The minimum atomic E-state index is -0.168. The van der Waals surface area contributed by atoms with Crippen molar-refractivity contribution in [2.75, 3.05) is 13.7 Å². The quantitative estimate of drug-likeness (QED) is 0.783. The van der Waals surface area contributed by atoms with Crippen LogP contribution in [-0.2, 0) is 9.53 Å². The number of methoxy groups -OCH3 is 1. The van der Waals surface area contributed by atoms with Gasteiger partial charge in [0.05, 0.1) is 12.0 Å². The van der Waals surface area contributed by atoms with Crippen LogP contribution < -0.4 is 11.1 Å². The van der Waals surface area contributed by atoms with Gasteiger partial charge in [-0.1, -0.05) is 12.8 Å². The van der Waals surface area contributed by atoms with E-state index in [0.29, 0.717) is 12.3 Å². The monoisotopic (exact) mass is 254 g/mol. The summed E-state index contributed by atoms with van der Waals surface area (Å²) in [7, 11) is 1.71. The van der Waals surface area contributed by atoms with Crippen LogP contribution >= 0.6 is 0 Å². The molecule has 2 saturated carbocycles. The Bertz CT molecular complexity index is 284. The topological polar surface area (TPSA) is 64.3 Å². The molecule has 4 heteroatoms. The van der Waals surface area contributed by atoms with Crippen LogP contribution in [0, 0.1) is 5.92 Å².